The first-order chi connectivity index (χ1) is 21.1. The molecular formula is C29H48N8O9. The monoisotopic (exact) mass is 652 g/mol. The summed E-state index contributed by atoms with van der Waals surface area (Å²) < 4.78 is 17.3. The number of aromatic nitrogens is 3. The fourth-order valence-corrected chi connectivity index (χ4v) is 4.14. The molecule has 2 bridgehead atoms. The average Bonchev–Trinajstić information content (AvgIpc) is 3.36. The lowest BCUT2D eigenvalue weighted by atomic mass is 9.97. The van der Waals surface area contributed by atoms with Gasteiger partial charge in [0, 0.05) is 6.54 Å². The SMILES string of the molecule is COC(=O)C(C)(C)NC(=O)[C@@H]1COCc2cn(nn2)CCC[C@H](NC(=O)OC(C)(C)C)C(=O)NC(C)(C)C(=O)NC(C)(C)C(=O)N1. The number of rotatable bonds is 4. The number of fused-ring (bicyclic) bond motifs is 2. The maximum absolute atomic E-state index is 13.4. The first-order valence-electron chi connectivity index (χ1n) is 14.9. The van der Waals surface area contributed by atoms with Gasteiger partial charge in [0.15, 0.2) is 0 Å². The predicted molar refractivity (Wildman–Crippen MR) is 163 cm³/mol. The van der Waals surface area contributed by atoms with E-state index in [1.54, 1.807) is 27.0 Å². The summed E-state index contributed by atoms with van der Waals surface area (Å²) in [7, 11) is 1.18. The number of amides is 5. The largest absolute Gasteiger partial charge is 0.467 e. The van der Waals surface area contributed by atoms with Gasteiger partial charge in [0.05, 0.1) is 26.5 Å². The maximum atomic E-state index is 13.4. The number of hydrogen-bond acceptors (Lipinski definition) is 11. The summed E-state index contributed by atoms with van der Waals surface area (Å²) >= 11 is 0. The number of methoxy groups -OCH3 is 1. The molecule has 0 spiro atoms. The van der Waals surface area contributed by atoms with E-state index in [4.69, 9.17) is 14.2 Å². The van der Waals surface area contributed by atoms with Crippen LogP contribution < -0.4 is 26.6 Å². The van der Waals surface area contributed by atoms with Gasteiger partial charge in [-0.1, -0.05) is 5.21 Å². The third kappa shape index (κ3) is 11.3. The fraction of sp³-hybridized carbons (Fsp3) is 0.724. The zero-order valence-electron chi connectivity index (χ0n) is 28.3. The van der Waals surface area contributed by atoms with Crippen LogP contribution in [0.15, 0.2) is 6.20 Å². The molecule has 5 amide bonds. The summed E-state index contributed by atoms with van der Waals surface area (Å²) in [5, 5.41) is 21.1. The van der Waals surface area contributed by atoms with E-state index in [2.05, 4.69) is 36.9 Å². The third-order valence-corrected chi connectivity index (χ3v) is 6.76. The van der Waals surface area contributed by atoms with E-state index in [9.17, 15) is 28.8 Å². The van der Waals surface area contributed by atoms with Crippen molar-refractivity contribution >= 4 is 35.7 Å². The molecule has 1 aromatic rings. The van der Waals surface area contributed by atoms with Crippen LogP contribution in [0.3, 0.4) is 0 Å². The van der Waals surface area contributed by atoms with Gasteiger partial charge < -0.3 is 40.8 Å². The van der Waals surface area contributed by atoms with E-state index in [-0.39, 0.29) is 19.6 Å². The lowest BCUT2D eigenvalue weighted by Crippen LogP contribution is -2.66. The Morgan fingerprint density at radius 2 is 1.65 bits per heavy atom. The van der Waals surface area contributed by atoms with Crippen LogP contribution in [-0.4, -0.2) is 98.7 Å². The molecule has 2 heterocycles. The number of nitrogens with zero attached hydrogens (tertiary/aromatic N) is 3. The van der Waals surface area contributed by atoms with Crippen LogP contribution in [0.25, 0.3) is 0 Å². The summed E-state index contributed by atoms with van der Waals surface area (Å²) in [6.45, 7) is 13.6. The van der Waals surface area contributed by atoms with Crippen LogP contribution in [0.1, 0.15) is 80.8 Å². The Bertz CT molecular complexity index is 1300. The van der Waals surface area contributed by atoms with Crippen molar-refractivity contribution in [1.82, 2.24) is 41.6 Å². The lowest BCUT2D eigenvalue weighted by molar-refractivity contribution is -0.150. The second-order valence-electron chi connectivity index (χ2n) is 13.7. The van der Waals surface area contributed by atoms with E-state index < -0.39 is 70.0 Å². The number of esters is 1. The molecule has 0 radical (unpaired) electrons. The van der Waals surface area contributed by atoms with Crippen LogP contribution in [0.4, 0.5) is 4.79 Å². The van der Waals surface area contributed by atoms with Gasteiger partial charge in [0.25, 0.3) is 0 Å². The highest BCUT2D eigenvalue weighted by Gasteiger charge is 2.40. The van der Waals surface area contributed by atoms with E-state index in [0.29, 0.717) is 18.7 Å². The topological polar surface area (TPSA) is 221 Å². The highest BCUT2D eigenvalue weighted by Crippen LogP contribution is 2.13. The minimum absolute atomic E-state index is 0.0698. The van der Waals surface area contributed by atoms with E-state index in [1.165, 1.54) is 53.3 Å². The van der Waals surface area contributed by atoms with Crippen molar-refractivity contribution in [3.8, 4) is 0 Å². The van der Waals surface area contributed by atoms with E-state index >= 15 is 0 Å². The second kappa shape index (κ2) is 14.9. The highest BCUT2D eigenvalue weighted by atomic mass is 16.6. The summed E-state index contributed by atoms with van der Waals surface area (Å²) in [6, 6.07) is -2.36. The molecule has 17 nitrogen and oxygen atoms in total. The Kier molecular flexibility index (Phi) is 12.3. The summed E-state index contributed by atoms with van der Waals surface area (Å²) in [4.78, 5) is 78.2. The lowest BCUT2D eigenvalue weighted by Gasteiger charge is -2.34. The van der Waals surface area contributed by atoms with Crippen LogP contribution >= 0.6 is 0 Å². The minimum atomic E-state index is -1.59. The first-order valence-corrected chi connectivity index (χ1v) is 14.9. The van der Waals surface area contributed by atoms with Gasteiger partial charge in [-0.2, -0.15) is 0 Å². The molecule has 0 saturated carbocycles. The number of hydrogen-bond donors (Lipinski definition) is 5. The summed E-state index contributed by atoms with van der Waals surface area (Å²) in [6.07, 6.45) is 1.36. The van der Waals surface area contributed by atoms with Crippen LogP contribution in [0, 0.1) is 0 Å². The number of aryl methyl sites for hydroxylation is 1. The molecule has 1 aromatic heterocycles. The van der Waals surface area contributed by atoms with Crippen molar-refractivity contribution < 1.29 is 43.0 Å². The molecule has 2 rings (SSSR count). The van der Waals surface area contributed by atoms with E-state index in [1.807, 2.05) is 0 Å². The normalized spacial score (nSPS) is 21.6. The van der Waals surface area contributed by atoms with Crippen molar-refractivity contribution in [2.75, 3.05) is 13.7 Å². The molecular weight excluding hydrogens is 604 g/mol. The standard InChI is InChI=1S/C29H48N8O9/c1-26(2,3)46-25(43)31-18-12-11-13-37-14-17(35-36-37)15-45-16-19(21(39)33-29(8,9)24(42)44-10)30-22(40)27(4,5)34-23(41)28(6,7)32-20(18)38/h14,18-19H,11-13,15-16H2,1-10H3,(H,30,40)(H,31,43)(H,32,38)(H,33,39)(H,34,41)/t18-,19-/m0/s1. The Labute approximate surface area is 268 Å². The minimum Gasteiger partial charge on any atom is -0.467 e. The Morgan fingerprint density at radius 3 is 2.26 bits per heavy atom. The van der Waals surface area contributed by atoms with Gasteiger partial charge in [-0.05, 0) is 75.2 Å². The molecule has 17 heteroatoms. The number of nitrogens with one attached hydrogen (secondary N) is 5. The molecule has 1 aliphatic heterocycles. The third-order valence-electron chi connectivity index (χ3n) is 6.76. The molecule has 0 aliphatic carbocycles. The predicted octanol–water partition coefficient (Wildman–Crippen LogP) is -0.176. The smallest absolute Gasteiger partial charge is 0.408 e. The van der Waals surface area contributed by atoms with Gasteiger partial charge in [-0.15, -0.1) is 5.10 Å². The van der Waals surface area contributed by atoms with Crippen LogP contribution in [0.2, 0.25) is 0 Å². The molecule has 258 valence electrons. The van der Waals surface area contributed by atoms with Crippen molar-refractivity contribution in [2.45, 2.75) is 123 Å². The second-order valence-corrected chi connectivity index (χ2v) is 13.7. The first kappa shape index (κ1) is 37.9. The van der Waals surface area contributed by atoms with E-state index in [0.717, 1.165) is 0 Å². The van der Waals surface area contributed by atoms with Crippen molar-refractivity contribution in [3.63, 3.8) is 0 Å². The van der Waals surface area contributed by atoms with Crippen molar-refractivity contribution in [3.05, 3.63) is 11.9 Å². The molecule has 5 N–H and O–H groups in total. The number of ether oxygens (including phenoxy) is 3. The molecule has 1 aliphatic rings. The number of alkyl carbamates (subject to hydrolysis) is 1. The van der Waals surface area contributed by atoms with Gasteiger partial charge in [0.1, 0.15) is 40.0 Å². The van der Waals surface area contributed by atoms with Crippen molar-refractivity contribution in [1.29, 1.82) is 0 Å². The summed E-state index contributed by atoms with van der Waals surface area (Å²) in [5.41, 5.74) is -4.94. The zero-order valence-corrected chi connectivity index (χ0v) is 28.3. The Hall–Kier alpha value is -4.28. The quantitative estimate of drug-likeness (QED) is 0.269. The van der Waals surface area contributed by atoms with Gasteiger partial charge >= 0.3 is 12.1 Å². The zero-order chi connectivity index (χ0) is 35.1. The Morgan fingerprint density at radius 1 is 1.02 bits per heavy atom. The van der Waals surface area contributed by atoms with Gasteiger partial charge in [-0.25, -0.2) is 9.59 Å². The fourth-order valence-electron chi connectivity index (χ4n) is 4.14. The summed E-state index contributed by atoms with van der Waals surface area (Å²) in [5.74, 6) is -3.56. The number of carbonyl (C=O) groups excluding carboxylic acids is 6. The average molecular weight is 653 g/mol. The van der Waals surface area contributed by atoms with Gasteiger partial charge in [0.2, 0.25) is 23.6 Å². The Balaban J connectivity index is 2.38. The molecule has 0 aromatic carbocycles. The number of carbonyl (C=O) groups is 6. The molecule has 0 fully saturated rings. The van der Waals surface area contributed by atoms with Crippen LogP contribution in [-0.2, 0) is 51.3 Å². The molecule has 0 unspecified atom stereocenters. The highest BCUT2D eigenvalue weighted by molar-refractivity contribution is 5.99. The molecule has 0 saturated heterocycles. The molecule has 2 atom stereocenters. The van der Waals surface area contributed by atoms with Crippen molar-refractivity contribution in [2.24, 2.45) is 0 Å². The van der Waals surface area contributed by atoms with Crippen LogP contribution in [0.5, 0.6) is 0 Å². The van der Waals surface area contributed by atoms with Gasteiger partial charge in [-0.3, -0.25) is 23.9 Å². The maximum Gasteiger partial charge on any atom is 0.408 e. The molecule has 46 heavy (non-hydrogen) atoms.